The zero-order valence-electron chi connectivity index (χ0n) is 11.8. The number of nitrogens with two attached hydrogens (primary N) is 1. The Labute approximate surface area is 114 Å². The Morgan fingerprint density at radius 2 is 2.26 bits per heavy atom. The predicted molar refractivity (Wildman–Crippen MR) is 76.9 cm³/mol. The van der Waals surface area contributed by atoms with Crippen LogP contribution in [0.1, 0.15) is 55.1 Å². The number of carbonyl (C=O) groups is 1. The van der Waals surface area contributed by atoms with E-state index in [1.54, 1.807) is 12.1 Å². The molecule has 2 unspecified atom stereocenters. The van der Waals surface area contributed by atoms with Gasteiger partial charge in [-0.05, 0) is 37.8 Å². The minimum absolute atomic E-state index is 0.0287. The van der Waals surface area contributed by atoms with Crippen LogP contribution in [0.5, 0.6) is 0 Å². The van der Waals surface area contributed by atoms with Gasteiger partial charge in [-0.25, -0.2) is 4.98 Å². The SMILES string of the molecule is CCC1CCCC(NC(=O)c2cc(C)nc(N)c2)C1. The fourth-order valence-corrected chi connectivity index (χ4v) is 2.89. The van der Waals surface area contributed by atoms with Gasteiger partial charge in [-0.3, -0.25) is 4.79 Å². The maximum absolute atomic E-state index is 12.2. The molecule has 0 radical (unpaired) electrons. The third-order valence-electron chi connectivity index (χ3n) is 3.93. The number of nitrogens with zero attached hydrogens (tertiary/aromatic N) is 1. The van der Waals surface area contributed by atoms with Crippen LogP contribution in [0.2, 0.25) is 0 Å². The van der Waals surface area contributed by atoms with Crippen LogP contribution in [0.15, 0.2) is 12.1 Å². The second kappa shape index (κ2) is 6.04. The third-order valence-corrected chi connectivity index (χ3v) is 3.93. The molecule has 0 bridgehead atoms. The lowest BCUT2D eigenvalue weighted by Gasteiger charge is -2.29. The highest BCUT2D eigenvalue weighted by Gasteiger charge is 2.22. The maximum Gasteiger partial charge on any atom is 0.251 e. The van der Waals surface area contributed by atoms with Crippen LogP contribution >= 0.6 is 0 Å². The molecule has 1 saturated carbocycles. The van der Waals surface area contributed by atoms with Gasteiger partial charge in [-0.15, -0.1) is 0 Å². The Kier molecular flexibility index (Phi) is 4.40. The second-order valence-electron chi connectivity index (χ2n) is 5.53. The molecule has 1 heterocycles. The Balaban J connectivity index is 2.00. The number of anilines is 1. The number of aryl methyl sites for hydroxylation is 1. The van der Waals surface area contributed by atoms with E-state index in [0.29, 0.717) is 17.4 Å². The van der Waals surface area contributed by atoms with Crippen molar-refractivity contribution in [2.45, 2.75) is 52.0 Å². The first-order valence-electron chi connectivity index (χ1n) is 7.13. The van der Waals surface area contributed by atoms with Gasteiger partial charge in [0.05, 0.1) is 0 Å². The van der Waals surface area contributed by atoms with Gasteiger partial charge in [0.15, 0.2) is 0 Å². The van der Waals surface area contributed by atoms with Gasteiger partial charge in [0.1, 0.15) is 5.82 Å². The van der Waals surface area contributed by atoms with Gasteiger partial charge in [0, 0.05) is 17.3 Å². The fourth-order valence-electron chi connectivity index (χ4n) is 2.89. The van der Waals surface area contributed by atoms with E-state index in [4.69, 9.17) is 5.73 Å². The summed E-state index contributed by atoms with van der Waals surface area (Å²) < 4.78 is 0. The molecular weight excluding hydrogens is 238 g/mol. The average Bonchev–Trinajstić information content (AvgIpc) is 2.37. The van der Waals surface area contributed by atoms with Gasteiger partial charge in [0.2, 0.25) is 0 Å². The normalized spacial score (nSPS) is 23.1. The van der Waals surface area contributed by atoms with E-state index in [-0.39, 0.29) is 5.91 Å². The summed E-state index contributed by atoms with van der Waals surface area (Å²) in [5, 5.41) is 3.13. The van der Waals surface area contributed by atoms with Crippen molar-refractivity contribution in [2.75, 3.05) is 5.73 Å². The summed E-state index contributed by atoms with van der Waals surface area (Å²) in [7, 11) is 0. The lowest BCUT2D eigenvalue weighted by molar-refractivity contribution is 0.0919. The first-order valence-corrected chi connectivity index (χ1v) is 7.13. The number of aromatic nitrogens is 1. The van der Waals surface area contributed by atoms with E-state index >= 15 is 0 Å². The zero-order valence-corrected chi connectivity index (χ0v) is 11.8. The van der Waals surface area contributed by atoms with Crippen LogP contribution < -0.4 is 11.1 Å². The molecule has 4 nitrogen and oxygen atoms in total. The summed E-state index contributed by atoms with van der Waals surface area (Å²) in [6.07, 6.45) is 5.89. The van der Waals surface area contributed by atoms with Crippen molar-refractivity contribution in [3.63, 3.8) is 0 Å². The van der Waals surface area contributed by atoms with Crippen molar-refractivity contribution in [1.82, 2.24) is 10.3 Å². The molecule has 0 spiro atoms. The van der Waals surface area contributed by atoms with Crippen molar-refractivity contribution in [3.8, 4) is 0 Å². The number of nitrogens with one attached hydrogen (secondary N) is 1. The molecule has 1 amide bonds. The smallest absolute Gasteiger partial charge is 0.251 e. The molecule has 1 aliphatic carbocycles. The molecule has 4 heteroatoms. The van der Waals surface area contributed by atoms with E-state index < -0.39 is 0 Å². The van der Waals surface area contributed by atoms with Crippen molar-refractivity contribution in [3.05, 3.63) is 23.4 Å². The molecule has 2 rings (SSSR count). The quantitative estimate of drug-likeness (QED) is 0.879. The van der Waals surface area contributed by atoms with Crippen molar-refractivity contribution in [1.29, 1.82) is 0 Å². The highest BCUT2D eigenvalue weighted by molar-refractivity contribution is 5.95. The molecule has 0 saturated heterocycles. The van der Waals surface area contributed by atoms with Gasteiger partial charge in [0.25, 0.3) is 5.91 Å². The Morgan fingerprint density at radius 1 is 1.47 bits per heavy atom. The van der Waals surface area contributed by atoms with Crippen molar-refractivity contribution in [2.24, 2.45) is 5.92 Å². The van der Waals surface area contributed by atoms with Crippen LogP contribution in [-0.4, -0.2) is 16.9 Å². The zero-order chi connectivity index (χ0) is 13.8. The lowest BCUT2D eigenvalue weighted by Crippen LogP contribution is -2.38. The van der Waals surface area contributed by atoms with Gasteiger partial charge < -0.3 is 11.1 Å². The molecule has 3 N–H and O–H groups in total. The Bertz CT molecular complexity index is 438. The van der Waals surface area contributed by atoms with Crippen LogP contribution in [0, 0.1) is 12.8 Å². The number of carbonyl (C=O) groups excluding carboxylic acids is 1. The Hall–Kier alpha value is -1.58. The minimum Gasteiger partial charge on any atom is -0.384 e. The Morgan fingerprint density at radius 3 is 2.95 bits per heavy atom. The predicted octanol–water partition coefficient (Wildman–Crippen LogP) is 2.67. The molecule has 0 aliphatic heterocycles. The fraction of sp³-hybridized carbons (Fsp3) is 0.600. The number of rotatable bonds is 3. The van der Waals surface area contributed by atoms with Crippen molar-refractivity contribution < 1.29 is 4.79 Å². The van der Waals surface area contributed by atoms with Gasteiger partial charge in [-0.1, -0.05) is 26.2 Å². The third kappa shape index (κ3) is 3.69. The van der Waals surface area contributed by atoms with Crippen LogP contribution in [0.4, 0.5) is 5.82 Å². The van der Waals surface area contributed by atoms with E-state index in [1.165, 1.54) is 19.3 Å². The highest BCUT2D eigenvalue weighted by Crippen LogP contribution is 2.26. The van der Waals surface area contributed by atoms with Gasteiger partial charge >= 0.3 is 0 Å². The summed E-state index contributed by atoms with van der Waals surface area (Å²) in [6, 6.07) is 3.73. The van der Waals surface area contributed by atoms with E-state index in [9.17, 15) is 4.79 Å². The molecule has 1 aromatic heterocycles. The number of pyridine rings is 1. The number of hydrogen-bond donors (Lipinski definition) is 2. The first kappa shape index (κ1) is 13.8. The highest BCUT2D eigenvalue weighted by atomic mass is 16.1. The van der Waals surface area contributed by atoms with Crippen LogP contribution in [0.25, 0.3) is 0 Å². The van der Waals surface area contributed by atoms with Gasteiger partial charge in [-0.2, -0.15) is 0 Å². The standard InChI is InChI=1S/C15H23N3O/c1-3-11-5-4-6-13(8-11)18-15(19)12-7-10(2)17-14(16)9-12/h7,9,11,13H,3-6,8H2,1-2H3,(H2,16,17)(H,18,19). The number of nitrogen functional groups attached to an aromatic ring is 1. The number of hydrogen-bond acceptors (Lipinski definition) is 3. The molecule has 104 valence electrons. The summed E-state index contributed by atoms with van der Waals surface area (Å²) >= 11 is 0. The lowest BCUT2D eigenvalue weighted by atomic mass is 9.84. The molecule has 1 aromatic rings. The molecular formula is C15H23N3O. The molecule has 0 aromatic carbocycles. The molecule has 19 heavy (non-hydrogen) atoms. The summed E-state index contributed by atoms with van der Waals surface area (Å²) in [6.45, 7) is 4.07. The van der Waals surface area contributed by atoms with E-state index in [0.717, 1.165) is 24.5 Å². The average molecular weight is 261 g/mol. The summed E-state index contributed by atoms with van der Waals surface area (Å²) in [5.74, 6) is 1.13. The topological polar surface area (TPSA) is 68.0 Å². The molecule has 1 fully saturated rings. The molecule has 2 atom stereocenters. The van der Waals surface area contributed by atoms with Crippen LogP contribution in [0.3, 0.4) is 0 Å². The second-order valence-corrected chi connectivity index (χ2v) is 5.53. The summed E-state index contributed by atoms with van der Waals surface area (Å²) in [4.78, 5) is 16.3. The largest absolute Gasteiger partial charge is 0.384 e. The van der Waals surface area contributed by atoms with E-state index in [1.807, 2.05) is 6.92 Å². The summed E-state index contributed by atoms with van der Waals surface area (Å²) in [5.41, 5.74) is 7.08. The monoisotopic (exact) mass is 261 g/mol. The maximum atomic E-state index is 12.2. The molecule has 1 aliphatic rings. The minimum atomic E-state index is -0.0287. The van der Waals surface area contributed by atoms with Crippen LogP contribution in [-0.2, 0) is 0 Å². The van der Waals surface area contributed by atoms with E-state index in [2.05, 4.69) is 17.2 Å². The number of amides is 1. The first-order chi connectivity index (χ1) is 9.08. The van der Waals surface area contributed by atoms with Crippen molar-refractivity contribution >= 4 is 11.7 Å².